The molecule has 0 spiro atoms. The Kier molecular flexibility index (Phi) is 6.14. The van der Waals surface area contributed by atoms with Crippen LogP contribution in [0.5, 0.6) is 0 Å². The normalized spacial score (nSPS) is 14.0. The second kappa shape index (κ2) is 9.00. The van der Waals surface area contributed by atoms with Crippen LogP contribution in [0.3, 0.4) is 0 Å². The Hall–Kier alpha value is -3.39. The minimum atomic E-state index is -1.05. The number of carbonyl (C=O) groups is 3. The molecular formula is C24H21NO6S. The summed E-state index contributed by atoms with van der Waals surface area (Å²) in [5.41, 5.74) is 1.84. The number of carbonyl (C=O) groups excluding carboxylic acids is 3. The monoisotopic (exact) mass is 451 g/mol. The van der Waals surface area contributed by atoms with E-state index >= 15 is 0 Å². The van der Waals surface area contributed by atoms with Gasteiger partial charge >= 0.3 is 11.6 Å². The van der Waals surface area contributed by atoms with Crippen molar-refractivity contribution in [1.29, 1.82) is 0 Å². The lowest BCUT2D eigenvalue weighted by Crippen LogP contribution is -2.46. The van der Waals surface area contributed by atoms with Gasteiger partial charge in [-0.3, -0.25) is 14.5 Å². The van der Waals surface area contributed by atoms with Gasteiger partial charge in [0.05, 0.1) is 11.1 Å². The summed E-state index contributed by atoms with van der Waals surface area (Å²) < 4.78 is 10.8. The van der Waals surface area contributed by atoms with Crippen molar-refractivity contribution in [3.05, 3.63) is 81.2 Å². The van der Waals surface area contributed by atoms with Crippen molar-refractivity contribution >= 4 is 40.5 Å². The van der Waals surface area contributed by atoms with Gasteiger partial charge in [0.1, 0.15) is 18.2 Å². The smallest absolute Gasteiger partial charge is 0.336 e. The van der Waals surface area contributed by atoms with E-state index in [1.807, 2.05) is 19.2 Å². The molecule has 1 aliphatic heterocycles. The largest absolute Gasteiger partial charge is 0.459 e. The van der Waals surface area contributed by atoms with Crippen LogP contribution in [0, 0.1) is 6.92 Å². The Morgan fingerprint density at radius 3 is 2.41 bits per heavy atom. The van der Waals surface area contributed by atoms with Gasteiger partial charge < -0.3 is 9.15 Å². The standard InChI is InChI=1S/C24H21NO6S/c1-14-7-8-16-15(12-21(26)31-20(16)11-14)13-30-24(29)19(9-10-32-2)25-22(27)17-5-3-4-6-18(17)23(25)28/h3-8,11-12,19H,9-10,13H2,1-2H3. The van der Waals surface area contributed by atoms with Crippen molar-refractivity contribution in [2.75, 3.05) is 12.0 Å². The molecule has 4 rings (SSSR count). The fourth-order valence-electron chi connectivity index (χ4n) is 3.77. The van der Waals surface area contributed by atoms with E-state index in [0.717, 1.165) is 10.5 Å². The van der Waals surface area contributed by atoms with Gasteiger partial charge in [-0.15, -0.1) is 0 Å². The molecule has 32 heavy (non-hydrogen) atoms. The number of hydrogen-bond donors (Lipinski definition) is 0. The van der Waals surface area contributed by atoms with Crippen LogP contribution in [0.15, 0.2) is 57.7 Å². The van der Waals surface area contributed by atoms with Crippen LogP contribution in [0.2, 0.25) is 0 Å². The Labute approximate surface area is 188 Å². The summed E-state index contributed by atoms with van der Waals surface area (Å²) in [7, 11) is 0. The second-order valence-electron chi connectivity index (χ2n) is 7.52. The summed E-state index contributed by atoms with van der Waals surface area (Å²) in [4.78, 5) is 51.7. The van der Waals surface area contributed by atoms with E-state index in [9.17, 15) is 19.2 Å². The molecular weight excluding hydrogens is 430 g/mol. The highest BCUT2D eigenvalue weighted by Gasteiger charge is 2.43. The summed E-state index contributed by atoms with van der Waals surface area (Å²) in [6, 6.07) is 12.1. The number of aryl methyl sites for hydroxylation is 1. The molecule has 8 heteroatoms. The third kappa shape index (κ3) is 4.05. The van der Waals surface area contributed by atoms with Crippen LogP contribution in [0.4, 0.5) is 0 Å². The number of ether oxygens (including phenoxy) is 1. The molecule has 1 atom stereocenters. The molecule has 0 radical (unpaired) electrons. The third-order valence-corrected chi connectivity index (χ3v) is 6.00. The topological polar surface area (TPSA) is 93.9 Å². The van der Waals surface area contributed by atoms with Gasteiger partial charge in [-0.1, -0.05) is 24.3 Å². The van der Waals surface area contributed by atoms with Gasteiger partial charge in [-0.25, -0.2) is 9.59 Å². The Morgan fingerprint density at radius 1 is 1.06 bits per heavy atom. The molecule has 0 saturated carbocycles. The third-order valence-electron chi connectivity index (χ3n) is 5.36. The minimum Gasteiger partial charge on any atom is -0.459 e. The predicted octanol–water partition coefficient (Wildman–Crippen LogP) is 3.56. The molecule has 2 heterocycles. The van der Waals surface area contributed by atoms with E-state index in [1.165, 1.54) is 17.8 Å². The van der Waals surface area contributed by atoms with E-state index < -0.39 is 29.5 Å². The maximum absolute atomic E-state index is 13.0. The number of thioether (sulfide) groups is 1. The van der Waals surface area contributed by atoms with Crippen molar-refractivity contribution in [2.45, 2.75) is 26.0 Å². The SMILES string of the molecule is CSCCC(C(=O)OCc1cc(=O)oc2cc(C)ccc12)N1C(=O)c2ccccc2C1=O. The highest BCUT2D eigenvalue weighted by atomic mass is 32.2. The summed E-state index contributed by atoms with van der Waals surface area (Å²) in [5.74, 6) is -1.14. The molecule has 1 aliphatic rings. The minimum absolute atomic E-state index is 0.178. The van der Waals surface area contributed by atoms with Crippen molar-refractivity contribution in [2.24, 2.45) is 0 Å². The fourth-order valence-corrected chi connectivity index (χ4v) is 4.23. The molecule has 2 aromatic carbocycles. The van der Waals surface area contributed by atoms with Crippen LogP contribution in [-0.2, 0) is 16.1 Å². The molecule has 1 unspecified atom stereocenters. The average Bonchev–Trinajstić information content (AvgIpc) is 3.02. The number of rotatable bonds is 7. The summed E-state index contributed by atoms with van der Waals surface area (Å²) in [6.45, 7) is 1.70. The fraction of sp³-hybridized carbons (Fsp3) is 0.250. The Balaban J connectivity index is 1.59. The Bertz CT molecular complexity index is 1250. The maximum atomic E-state index is 13.0. The summed E-state index contributed by atoms with van der Waals surface area (Å²) in [6.07, 6.45) is 2.14. The maximum Gasteiger partial charge on any atom is 0.336 e. The number of hydrogen-bond acceptors (Lipinski definition) is 7. The van der Waals surface area contributed by atoms with Gasteiger partial charge in [0.25, 0.3) is 11.8 Å². The van der Waals surface area contributed by atoms with Crippen LogP contribution in [-0.4, -0.2) is 40.7 Å². The van der Waals surface area contributed by atoms with Crippen molar-refractivity contribution in [3.8, 4) is 0 Å². The molecule has 0 N–H and O–H groups in total. The molecule has 0 aliphatic carbocycles. The zero-order valence-electron chi connectivity index (χ0n) is 17.6. The first-order valence-corrected chi connectivity index (χ1v) is 11.5. The highest BCUT2D eigenvalue weighted by Crippen LogP contribution is 2.27. The molecule has 1 aromatic heterocycles. The van der Waals surface area contributed by atoms with Crippen LogP contribution >= 0.6 is 11.8 Å². The number of nitrogens with zero attached hydrogens (tertiary/aromatic N) is 1. The lowest BCUT2D eigenvalue weighted by atomic mass is 10.1. The molecule has 7 nitrogen and oxygen atoms in total. The van der Waals surface area contributed by atoms with E-state index in [0.29, 0.717) is 22.3 Å². The van der Waals surface area contributed by atoms with Crippen molar-refractivity contribution in [3.63, 3.8) is 0 Å². The molecule has 0 saturated heterocycles. The molecule has 3 aromatic rings. The van der Waals surface area contributed by atoms with Crippen LogP contribution in [0.1, 0.15) is 38.3 Å². The molecule has 0 fully saturated rings. The quantitative estimate of drug-likeness (QED) is 0.308. The van der Waals surface area contributed by atoms with Crippen LogP contribution < -0.4 is 5.63 Å². The average molecular weight is 452 g/mol. The zero-order valence-corrected chi connectivity index (χ0v) is 18.4. The number of esters is 1. The van der Waals surface area contributed by atoms with E-state index in [-0.39, 0.29) is 24.2 Å². The van der Waals surface area contributed by atoms with Gasteiger partial charge in [-0.2, -0.15) is 11.8 Å². The highest BCUT2D eigenvalue weighted by molar-refractivity contribution is 7.98. The van der Waals surface area contributed by atoms with E-state index in [2.05, 4.69) is 0 Å². The van der Waals surface area contributed by atoms with Gasteiger partial charge in [0.15, 0.2) is 0 Å². The van der Waals surface area contributed by atoms with Gasteiger partial charge in [0.2, 0.25) is 0 Å². The van der Waals surface area contributed by atoms with E-state index in [1.54, 1.807) is 36.4 Å². The molecule has 164 valence electrons. The van der Waals surface area contributed by atoms with Crippen LogP contribution in [0.25, 0.3) is 11.0 Å². The zero-order chi connectivity index (χ0) is 22.8. The number of amides is 2. The summed E-state index contributed by atoms with van der Waals surface area (Å²) in [5, 5.41) is 0.657. The van der Waals surface area contributed by atoms with Crippen molar-refractivity contribution in [1.82, 2.24) is 4.90 Å². The lowest BCUT2D eigenvalue weighted by Gasteiger charge is -2.24. The van der Waals surface area contributed by atoms with Gasteiger partial charge in [0, 0.05) is 17.0 Å². The summed E-state index contributed by atoms with van der Waals surface area (Å²) >= 11 is 1.50. The number of fused-ring (bicyclic) bond motifs is 2. The first kappa shape index (κ1) is 21.8. The number of imide groups is 1. The van der Waals surface area contributed by atoms with Crippen molar-refractivity contribution < 1.29 is 23.5 Å². The lowest BCUT2D eigenvalue weighted by molar-refractivity contribution is -0.149. The second-order valence-corrected chi connectivity index (χ2v) is 8.51. The predicted molar refractivity (Wildman–Crippen MR) is 121 cm³/mol. The van der Waals surface area contributed by atoms with E-state index in [4.69, 9.17) is 9.15 Å². The van der Waals surface area contributed by atoms with Gasteiger partial charge in [-0.05, 0) is 49.1 Å². The Morgan fingerprint density at radius 2 is 1.75 bits per heavy atom. The molecule has 0 bridgehead atoms. The molecule has 2 amide bonds. The first-order chi connectivity index (χ1) is 15.4. The first-order valence-electron chi connectivity index (χ1n) is 10.1. The number of benzene rings is 2.